The summed E-state index contributed by atoms with van der Waals surface area (Å²) in [6, 6.07) is 1.92. The molecule has 2 rings (SSSR count). The van der Waals surface area contributed by atoms with Gasteiger partial charge in [-0.15, -0.1) is 0 Å². The molecule has 0 aliphatic carbocycles. The lowest BCUT2D eigenvalue weighted by Crippen LogP contribution is -2.34. The van der Waals surface area contributed by atoms with Crippen molar-refractivity contribution < 1.29 is 4.74 Å². The first kappa shape index (κ1) is 8.60. The van der Waals surface area contributed by atoms with Crippen molar-refractivity contribution in [3.63, 3.8) is 0 Å². The third-order valence-corrected chi connectivity index (χ3v) is 2.73. The Morgan fingerprint density at radius 3 is 3.00 bits per heavy atom. The van der Waals surface area contributed by atoms with Gasteiger partial charge >= 0.3 is 0 Å². The van der Waals surface area contributed by atoms with Gasteiger partial charge in [-0.1, -0.05) is 20.8 Å². The minimum absolute atomic E-state index is 0.295. The lowest BCUT2D eigenvalue weighted by molar-refractivity contribution is 0.0840. The van der Waals surface area contributed by atoms with Crippen LogP contribution in [0.2, 0.25) is 0 Å². The van der Waals surface area contributed by atoms with Crippen LogP contribution in [0.15, 0.2) is 12.3 Å². The van der Waals surface area contributed by atoms with Gasteiger partial charge in [-0.2, -0.15) is 5.10 Å². The van der Waals surface area contributed by atoms with Crippen LogP contribution in [0.25, 0.3) is 0 Å². The molecule has 3 heteroatoms. The molecule has 0 saturated heterocycles. The Bertz CT molecular complexity index is 298. The van der Waals surface area contributed by atoms with E-state index in [4.69, 9.17) is 4.74 Å². The van der Waals surface area contributed by atoms with Crippen LogP contribution in [0, 0.1) is 11.3 Å². The zero-order valence-electron chi connectivity index (χ0n) is 8.45. The molecule has 0 radical (unpaired) electrons. The van der Waals surface area contributed by atoms with Gasteiger partial charge in [-0.3, -0.25) is 0 Å². The standard InChI is InChI=1S/C10H16N2O/c1-10(2,3)8-6-12-9(13-7-8)4-5-11-12/h4-5,8H,6-7H2,1-3H3. The normalized spacial score (nSPS) is 22.2. The first-order valence-electron chi connectivity index (χ1n) is 4.72. The van der Waals surface area contributed by atoms with E-state index in [2.05, 4.69) is 25.9 Å². The van der Waals surface area contributed by atoms with Crippen LogP contribution in [-0.2, 0) is 6.54 Å². The van der Waals surface area contributed by atoms with Crippen molar-refractivity contribution in [3.05, 3.63) is 12.3 Å². The molecule has 1 aliphatic heterocycles. The highest BCUT2D eigenvalue weighted by Gasteiger charge is 2.29. The molecular weight excluding hydrogens is 164 g/mol. The molecule has 0 bridgehead atoms. The summed E-state index contributed by atoms with van der Waals surface area (Å²) in [4.78, 5) is 0. The van der Waals surface area contributed by atoms with Gasteiger partial charge in [0.25, 0.3) is 0 Å². The maximum Gasteiger partial charge on any atom is 0.211 e. The van der Waals surface area contributed by atoms with Crippen molar-refractivity contribution in [1.29, 1.82) is 0 Å². The molecule has 1 unspecified atom stereocenters. The van der Waals surface area contributed by atoms with Gasteiger partial charge in [0.15, 0.2) is 0 Å². The fourth-order valence-electron chi connectivity index (χ4n) is 1.55. The molecule has 1 atom stereocenters. The molecule has 1 aromatic heterocycles. The molecule has 1 aromatic rings. The third kappa shape index (κ3) is 1.55. The van der Waals surface area contributed by atoms with Gasteiger partial charge < -0.3 is 4.74 Å². The van der Waals surface area contributed by atoms with Gasteiger partial charge in [0.05, 0.1) is 19.3 Å². The Morgan fingerprint density at radius 2 is 2.31 bits per heavy atom. The summed E-state index contributed by atoms with van der Waals surface area (Å²) >= 11 is 0. The van der Waals surface area contributed by atoms with Gasteiger partial charge in [-0.05, 0) is 5.41 Å². The van der Waals surface area contributed by atoms with Crippen LogP contribution >= 0.6 is 0 Å². The topological polar surface area (TPSA) is 27.1 Å². The molecule has 2 heterocycles. The van der Waals surface area contributed by atoms with E-state index in [-0.39, 0.29) is 0 Å². The van der Waals surface area contributed by atoms with E-state index in [1.165, 1.54) is 0 Å². The van der Waals surface area contributed by atoms with Crippen LogP contribution in [0.4, 0.5) is 0 Å². The Labute approximate surface area is 78.7 Å². The summed E-state index contributed by atoms with van der Waals surface area (Å²) in [7, 11) is 0. The number of nitrogens with zero attached hydrogens (tertiary/aromatic N) is 2. The largest absolute Gasteiger partial charge is 0.477 e. The SMILES string of the molecule is CC(C)(C)C1COc2ccnn2C1. The van der Waals surface area contributed by atoms with Gasteiger partial charge in [0.2, 0.25) is 5.88 Å². The van der Waals surface area contributed by atoms with Crippen molar-refractivity contribution in [2.75, 3.05) is 6.61 Å². The quantitative estimate of drug-likeness (QED) is 0.610. The molecule has 0 aromatic carbocycles. The second-order valence-corrected chi connectivity index (χ2v) is 4.73. The molecule has 72 valence electrons. The summed E-state index contributed by atoms with van der Waals surface area (Å²) in [6.45, 7) is 8.53. The average molecular weight is 180 g/mol. The summed E-state index contributed by atoms with van der Waals surface area (Å²) < 4.78 is 7.55. The minimum atomic E-state index is 0.295. The molecule has 0 spiro atoms. The van der Waals surface area contributed by atoms with Gasteiger partial charge in [0.1, 0.15) is 0 Å². The van der Waals surface area contributed by atoms with Crippen LogP contribution < -0.4 is 4.74 Å². The third-order valence-electron chi connectivity index (χ3n) is 2.73. The molecule has 0 saturated carbocycles. The first-order chi connectivity index (χ1) is 6.07. The number of rotatable bonds is 0. The Morgan fingerprint density at radius 1 is 1.54 bits per heavy atom. The molecule has 0 amide bonds. The van der Waals surface area contributed by atoms with E-state index in [0.29, 0.717) is 11.3 Å². The lowest BCUT2D eigenvalue weighted by Gasteiger charge is -2.33. The number of hydrogen-bond acceptors (Lipinski definition) is 2. The van der Waals surface area contributed by atoms with Gasteiger partial charge in [-0.25, -0.2) is 4.68 Å². The highest BCUT2D eigenvalue weighted by Crippen LogP contribution is 2.31. The second kappa shape index (κ2) is 2.76. The number of fused-ring (bicyclic) bond motifs is 1. The van der Waals surface area contributed by atoms with Crippen LogP contribution in [0.5, 0.6) is 5.88 Å². The van der Waals surface area contributed by atoms with Crippen molar-refractivity contribution >= 4 is 0 Å². The molecule has 1 aliphatic rings. The maximum atomic E-state index is 5.60. The van der Waals surface area contributed by atoms with E-state index in [1.54, 1.807) is 6.20 Å². The van der Waals surface area contributed by atoms with E-state index in [9.17, 15) is 0 Å². The lowest BCUT2D eigenvalue weighted by atomic mass is 9.81. The Kier molecular flexibility index (Phi) is 1.82. The summed E-state index contributed by atoms with van der Waals surface area (Å²) in [5.74, 6) is 1.46. The first-order valence-corrected chi connectivity index (χ1v) is 4.72. The van der Waals surface area contributed by atoms with E-state index in [0.717, 1.165) is 19.0 Å². The van der Waals surface area contributed by atoms with Crippen molar-refractivity contribution in [2.24, 2.45) is 11.3 Å². The Hall–Kier alpha value is -0.990. The molecule has 13 heavy (non-hydrogen) atoms. The highest BCUT2D eigenvalue weighted by atomic mass is 16.5. The van der Waals surface area contributed by atoms with Crippen molar-refractivity contribution in [1.82, 2.24) is 9.78 Å². The number of ether oxygens (including phenoxy) is 1. The smallest absolute Gasteiger partial charge is 0.211 e. The predicted molar refractivity (Wildman–Crippen MR) is 50.7 cm³/mol. The number of aromatic nitrogens is 2. The summed E-state index contributed by atoms with van der Waals surface area (Å²) in [5, 5.41) is 4.21. The monoisotopic (exact) mass is 180 g/mol. The van der Waals surface area contributed by atoms with Crippen LogP contribution in [-0.4, -0.2) is 16.4 Å². The molecular formula is C10H16N2O. The maximum absolute atomic E-state index is 5.60. The zero-order valence-corrected chi connectivity index (χ0v) is 8.45. The Balaban J connectivity index is 2.18. The van der Waals surface area contributed by atoms with Crippen LogP contribution in [0.3, 0.4) is 0 Å². The molecule has 0 fully saturated rings. The van der Waals surface area contributed by atoms with Crippen molar-refractivity contribution in [2.45, 2.75) is 27.3 Å². The fourth-order valence-corrected chi connectivity index (χ4v) is 1.55. The summed E-state index contributed by atoms with van der Waals surface area (Å²) in [6.07, 6.45) is 1.79. The van der Waals surface area contributed by atoms with E-state index in [1.807, 2.05) is 10.7 Å². The zero-order chi connectivity index (χ0) is 9.47. The van der Waals surface area contributed by atoms with E-state index < -0.39 is 0 Å². The van der Waals surface area contributed by atoms with E-state index >= 15 is 0 Å². The fraction of sp³-hybridized carbons (Fsp3) is 0.700. The minimum Gasteiger partial charge on any atom is -0.477 e. The van der Waals surface area contributed by atoms with Crippen molar-refractivity contribution in [3.8, 4) is 5.88 Å². The average Bonchev–Trinajstić information content (AvgIpc) is 2.47. The predicted octanol–water partition coefficient (Wildman–Crippen LogP) is 1.94. The number of hydrogen-bond donors (Lipinski definition) is 0. The van der Waals surface area contributed by atoms with Gasteiger partial charge in [0, 0.05) is 12.0 Å². The second-order valence-electron chi connectivity index (χ2n) is 4.73. The highest BCUT2D eigenvalue weighted by molar-refractivity contribution is 5.09. The molecule has 3 nitrogen and oxygen atoms in total. The molecule has 0 N–H and O–H groups in total. The summed E-state index contributed by atoms with van der Waals surface area (Å²) in [5.41, 5.74) is 0.295. The van der Waals surface area contributed by atoms with Crippen LogP contribution in [0.1, 0.15) is 20.8 Å².